The fourth-order valence-corrected chi connectivity index (χ4v) is 1.27. The first-order valence-corrected chi connectivity index (χ1v) is 5.08. The molecule has 0 aliphatic heterocycles. The van der Waals surface area contributed by atoms with E-state index in [-0.39, 0.29) is 12.0 Å². The monoisotopic (exact) mass is 207 g/mol. The first kappa shape index (κ1) is 11.6. The lowest BCUT2D eigenvalue weighted by Crippen LogP contribution is -2.19. The van der Waals surface area contributed by atoms with Crippen LogP contribution in [0.3, 0.4) is 0 Å². The topological polar surface area (TPSA) is 38.3 Å². The number of hydrogen-bond acceptors (Lipinski definition) is 2. The maximum absolute atomic E-state index is 11.2. The summed E-state index contributed by atoms with van der Waals surface area (Å²) in [6.45, 7) is 3.96. The van der Waals surface area contributed by atoms with Crippen LogP contribution in [0.5, 0.6) is 5.75 Å². The zero-order chi connectivity index (χ0) is 11.3. The Morgan fingerprint density at radius 1 is 1.47 bits per heavy atom. The van der Waals surface area contributed by atoms with E-state index in [0.29, 0.717) is 6.42 Å². The van der Waals surface area contributed by atoms with Crippen LogP contribution >= 0.6 is 0 Å². The SMILES string of the molecule is CNC(=O)Cc1cccc(OC(C)C)c1. The number of ether oxygens (including phenoxy) is 1. The first-order chi connectivity index (χ1) is 7.11. The molecule has 1 rings (SSSR count). The summed E-state index contributed by atoms with van der Waals surface area (Å²) >= 11 is 0. The van der Waals surface area contributed by atoms with E-state index < -0.39 is 0 Å². The van der Waals surface area contributed by atoms with Crippen LogP contribution in [0.15, 0.2) is 24.3 Å². The van der Waals surface area contributed by atoms with Gasteiger partial charge in [-0.05, 0) is 31.5 Å². The van der Waals surface area contributed by atoms with E-state index in [4.69, 9.17) is 4.74 Å². The van der Waals surface area contributed by atoms with Gasteiger partial charge in [-0.25, -0.2) is 0 Å². The predicted molar refractivity (Wildman–Crippen MR) is 60.0 cm³/mol. The van der Waals surface area contributed by atoms with Gasteiger partial charge < -0.3 is 10.1 Å². The van der Waals surface area contributed by atoms with Crippen molar-refractivity contribution in [1.29, 1.82) is 0 Å². The molecule has 3 nitrogen and oxygen atoms in total. The molecule has 1 N–H and O–H groups in total. The summed E-state index contributed by atoms with van der Waals surface area (Å²) in [5.41, 5.74) is 0.965. The average Bonchev–Trinajstić information content (AvgIpc) is 2.17. The number of carbonyl (C=O) groups is 1. The van der Waals surface area contributed by atoms with Gasteiger partial charge in [0.1, 0.15) is 5.75 Å². The van der Waals surface area contributed by atoms with Gasteiger partial charge in [-0.15, -0.1) is 0 Å². The molecule has 0 unspecified atom stereocenters. The molecular formula is C12H17NO2. The molecule has 0 bridgehead atoms. The number of benzene rings is 1. The maximum Gasteiger partial charge on any atom is 0.224 e. The lowest BCUT2D eigenvalue weighted by atomic mass is 10.1. The van der Waals surface area contributed by atoms with E-state index in [0.717, 1.165) is 11.3 Å². The molecule has 0 aliphatic carbocycles. The number of rotatable bonds is 4. The van der Waals surface area contributed by atoms with Crippen molar-refractivity contribution in [2.24, 2.45) is 0 Å². The highest BCUT2D eigenvalue weighted by molar-refractivity contribution is 5.78. The highest BCUT2D eigenvalue weighted by atomic mass is 16.5. The number of nitrogens with one attached hydrogen (secondary N) is 1. The van der Waals surface area contributed by atoms with Crippen LogP contribution in [0.25, 0.3) is 0 Å². The number of hydrogen-bond donors (Lipinski definition) is 1. The molecule has 82 valence electrons. The summed E-state index contributed by atoms with van der Waals surface area (Å²) in [6, 6.07) is 7.61. The predicted octanol–water partition coefficient (Wildman–Crippen LogP) is 1.76. The number of carbonyl (C=O) groups excluding carboxylic acids is 1. The van der Waals surface area contributed by atoms with E-state index in [1.165, 1.54) is 0 Å². The fraction of sp³-hybridized carbons (Fsp3) is 0.417. The van der Waals surface area contributed by atoms with E-state index in [9.17, 15) is 4.79 Å². The summed E-state index contributed by atoms with van der Waals surface area (Å²) in [5.74, 6) is 0.822. The molecule has 15 heavy (non-hydrogen) atoms. The van der Waals surface area contributed by atoms with Crippen molar-refractivity contribution in [3.8, 4) is 5.75 Å². The van der Waals surface area contributed by atoms with Gasteiger partial charge in [0.2, 0.25) is 5.91 Å². The summed E-state index contributed by atoms with van der Waals surface area (Å²) in [7, 11) is 1.64. The van der Waals surface area contributed by atoms with Crippen molar-refractivity contribution < 1.29 is 9.53 Å². The average molecular weight is 207 g/mol. The van der Waals surface area contributed by atoms with Crippen molar-refractivity contribution in [1.82, 2.24) is 5.32 Å². The normalized spacial score (nSPS) is 10.1. The molecular weight excluding hydrogens is 190 g/mol. The Morgan fingerprint density at radius 3 is 2.80 bits per heavy atom. The minimum absolute atomic E-state index is 0.0108. The maximum atomic E-state index is 11.2. The van der Waals surface area contributed by atoms with Gasteiger partial charge in [-0.2, -0.15) is 0 Å². The highest BCUT2D eigenvalue weighted by Gasteiger charge is 2.03. The smallest absolute Gasteiger partial charge is 0.224 e. The Morgan fingerprint density at radius 2 is 2.20 bits per heavy atom. The van der Waals surface area contributed by atoms with Crippen LogP contribution in [0.4, 0.5) is 0 Å². The molecule has 0 radical (unpaired) electrons. The third-order valence-corrected chi connectivity index (χ3v) is 1.91. The third kappa shape index (κ3) is 4.02. The molecule has 1 aromatic rings. The minimum Gasteiger partial charge on any atom is -0.491 e. The van der Waals surface area contributed by atoms with E-state index >= 15 is 0 Å². The lowest BCUT2D eigenvalue weighted by Gasteiger charge is -2.10. The zero-order valence-corrected chi connectivity index (χ0v) is 9.41. The van der Waals surface area contributed by atoms with Gasteiger partial charge in [0.15, 0.2) is 0 Å². The Hall–Kier alpha value is -1.51. The second-order valence-electron chi connectivity index (χ2n) is 3.66. The standard InChI is InChI=1S/C12H17NO2/c1-9(2)15-11-6-4-5-10(7-11)8-12(14)13-3/h4-7,9H,8H2,1-3H3,(H,13,14). The minimum atomic E-state index is 0.0108. The van der Waals surface area contributed by atoms with Crippen LogP contribution in [0, 0.1) is 0 Å². The largest absolute Gasteiger partial charge is 0.491 e. The number of likely N-dealkylation sites (N-methyl/N-ethyl adjacent to an activating group) is 1. The third-order valence-electron chi connectivity index (χ3n) is 1.91. The summed E-state index contributed by atoms with van der Waals surface area (Å²) in [5, 5.41) is 2.59. The van der Waals surface area contributed by atoms with Crippen LogP contribution in [-0.2, 0) is 11.2 Å². The zero-order valence-electron chi connectivity index (χ0n) is 9.41. The Bertz CT molecular complexity index is 334. The van der Waals surface area contributed by atoms with Crippen LogP contribution < -0.4 is 10.1 Å². The van der Waals surface area contributed by atoms with Crippen molar-refractivity contribution >= 4 is 5.91 Å². The summed E-state index contributed by atoms with van der Waals surface area (Å²) < 4.78 is 5.54. The van der Waals surface area contributed by atoms with Crippen LogP contribution in [-0.4, -0.2) is 19.1 Å². The van der Waals surface area contributed by atoms with Crippen molar-refractivity contribution in [3.63, 3.8) is 0 Å². The van der Waals surface area contributed by atoms with Gasteiger partial charge in [0.05, 0.1) is 12.5 Å². The molecule has 0 aliphatic rings. The van der Waals surface area contributed by atoms with Crippen LogP contribution in [0.1, 0.15) is 19.4 Å². The second-order valence-corrected chi connectivity index (χ2v) is 3.66. The van der Waals surface area contributed by atoms with Crippen molar-refractivity contribution in [3.05, 3.63) is 29.8 Å². The molecule has 3 heteroatoms. The molecule has 1 aromatic carbocycles. The molecule has 0 spiro atoms. The highest BCUT2D eigenvalue weighted by Crippen LogP contribution is 2.15. The molecule has 0 saturated heterocycles. The van der Waals surface area contributed by atoms with Gasteiger partial charge in [-0.1, -0.05) is 12.1 Å². The Kier molecular flexibility index (Phi) is 4.16. The van der Waals surface area contributed by atoms with Gasteiger partial charge in [-0.3, -0.25) is 4.79 Å². The molecule has 0 saturated carbocycles. The van der Waals surface area contributed by atoms with E-state index in [1.54, 1.807) is 7.05 Å². The Labute approximate surface area is 90.4 Å². The van der Waals surface area contributed by atoms with Gasteiger partial charge in [0.25, 0.3) is 0 Å². The Balaban J connectivity index is 2.69. The van der Waals surface area contributed by atoms with Gasteiger partial charge in [0, 0.05) is 7.05 Å². The molecule has 0 atom stereocenters. The molecule has 1 amide bonds. The quantitative estimate of drug-likeness (QED) is 0.817. The van der Waals surface area contributed by atoms with Crippen molar-refractivity contribution in [2.45, 2.75) is 26.4 Å². The molecule has 0 heterocycles. The fourth-order valence-electron chi connectivity index (χ4n) is 1.27. The van der Waals surface area contributed by atoms with Gasteiger partial charge >= 0.3 is 0 Å². The molecule has 0 fully saturated rings. The summed E-state index contributed by atoms with van der Waals surface area (Å²) in [4.78, 5) is 11.2. The lowest BCUT2D eigenvalue weighted by molar-refractivity contribution is -0.119. The molecule has 0 aromatic heterocycles. The van der Waals surface area contributed by atoms with E-state index in [2.05, 4.69) is 5.32 Å². The van der Waals surface area contributed by atoms with Crippen molar-refractivity contribution in [2.75, 3.05) is 7.05 Å². The number of amides is 1. The van der Waals surface area contributed by atoms with Crippen LogP contribution in [0.2, 0.25) is 0 Å². The summed E-state index contributed by atoms with van der Waals surface area (Å²) in [6.07, 6.45) is 0.548. The second kappa shape index (κ2) is 5.39. The first-order valence-electron chi connectivity index (χ1n) is 5.08. The van der Waals surface area contributed by atoms with E-state index in [1.807, 2.05) is 38.1 Å².